The molecule has 3 nitrogen and oxygen atoms in total. The third-order valence-corrected chi connectivity index (χ3v) is 7.62. The summed E-state index contributed by atoms with van der Waals surface area (Å²) in [7, 11) is -2.66. The van der Waals surface area contributed by atoms with Crippen LogP contribution in [0, 0.1) is 0 Å². The molecule has 2 N–H and O–H groups in total. The van der Waals surface area contributed by atoms with Crippen molar-refractivity contribution in [1.82, 2.24) is 0 Å². The van der Waals surface area contributed by atoms with Crippen LogP contribution in [0.3, 0.4) is 0 Å². The Hall–Kier alpha value is -0.683. The zero-order valence-corrected chi connectivity index (χ0v) is 12.2. The predicted octanol–water partition coefficient (Wildman–Crippen LogP) is 1.52. The van der Waals surface area contributed by atoms with Crippen LogP contribution >= 0.6 is 0 Å². The average Bonchev–Trinajstić information content (AvgIpc) is 2.14. The summed E-state index contributed by atoms with van der Waals surface area (Å²) in [6.07, 6.45) is 0. The Morgan fingerprint density at radius 2 is 1.47 bits per heavy atom. The molecule has 0 saturated heterocycles. The van der Waals surface area contributed by atoms with Crippen molar-refractivity contribution in [3.05, 3.63) is 30.3 Å². The van der Waals surface area contributed by atoms with Crippen molar-refractivity contribution in [2.45, 2.75) is 45.3 Å². The van der Waals surface area contributed by atoms with Gasteiger partial charge in [0.25, 0.3) is 8.32 Å². The molecule has 0 radical (unpaired) electrons. The third kappa shape index (κ3) is 3.39. The first-order valence-electron chi connectivity index (χ1n) is 5.77. The van der Waals surface area contributed by atoms with Gasteiger partial charge in [-0.1, -0.05) is 30.3 Å². The summed E-state index contributed by atoms with van der Waals surface area (Å²) in [5.74, 6) is -1.25. The fourth-order valence-electron chi connectivity index (χ4n) is 1.79. The van der Waals surface area contributed by atoms with Gasteiger partial charge in [-0.2, -0.15) is 0 Å². The molecule has 4 heteroatoms. The summed E-state index contributed by atoms with van der Waals surface area (Å²) in [6.45, 7) is 8.57. The van der Waals surface area contributed by atoms with E-state index in [0.717, 1.165) is 5.19 Å². The molecule has 0 aliphatic heterocycles. The van der Waals surface area contributed by atoms with Crippen LogP contribution in [-0.4, -0.2) is 29.5 Å². The third-order valence-electron chi connectivity index (χ3n) is 2.95. The smallest absolute Gasteiger partial charge is 0.255 e. The minimum Gasteiger partial charge on any atom is -0.391 e. The highest BCUT2D eigenvalue weighted by Gasteiger charge is 2.48. The van der Waals surface area contributed by atoms with E-state index >= 15 is 0 Å². The monoisotopic (exact) mass is 254 g/mol. The maximum Gasteiger partial charge on any atom is 0.255 e. The Morgan fingerprint density at radius 3 is 1.82 bits per heavy atom. The van der Waals surface area contributed by atoms with Crippen LogP contribution in [-0.2, 0) is 4.43 Å². The van der Waals surface area contributed by atoms with E-state index in [4.69, 9.17) is 4.43 Å². The number of aliphatic hydroxyl groups is 2. The summed E-state index contributed by atoms with van der Waals surface area (Å²) < 4.78 is 5.82. The lowest BCUT2D eigenvalue weighted by Crippen LogP contribution is -2.66. The molecular formula is C13H22O3Si. The molecule has 0 aliphatic rings. The van der Waals surface area contributed by atoms with Crippen molar-refractivity contribution in [2.75, 3.05) is 0 Å². The van der Waals surface area contributed by atoms with Gasteiger partial charge in [-0.3, -0.25) is 0 Å². The molecule has 1 rings (SSSR count). The zero-order chi connectivity index (χ0) is 13.3. The fourth-order valence-corrected chi connectivity index (χ4v) is 4.69. The largest absolute Gasteiger partial charge is 0.391 e. The number of hydrogen-bond acceptors (Lipinski definition) is 3. The van der Waals surface area contributed by atoms with E-state index in [0.29, 0.717) is 0 Å². The lowest BCUT2D eigenvalue weighted by atomic mass is 10.4. The topological polar surface area (TPSA) is 49.7 Å². The van der Waals surface area contributed by atoms with Crippen LogP contribution in [0.4, 0.5) is 0 Å². The lowest BCUT2D eigenvalue weighted by molar-refractivity contribution is -0.119. The number of benzene rings is 1. The van der Waals surface area contributed by atoms with Crippen molar-refractivity contribution in [3.63, 3.8) is 0 Å². The van der Waals surface area contributed by atoms with E-state index < -0.39 is 19.3 Å². The SMILES string of the molecule is CC(C)(O)O[Si](C)(c1ccccc1)C(C)(C)O. The number of hydrogen-bond donors (Lipinski definition) is 2. The molecule has 96 valence electrons. The summed E-state index contributed by atoms with van der Waals surface area (Å²) in [6, 6.07) is 9.64. The van der Waals surface area contributed by atoms with Crippen LogP contribution in [0.25, 0.3) is 0 Å². The molecule has 0 bridgehead atoms. The standard InChI is InChI=1S/C13H22O3Si/c1-12(2,14)16-17(5,13(3,4)15)11-9-7-6-8-10-11/h6-10,14-15H,1-5H3. The van der Waals surface area contributed by atoms with E-state index in [1.54, 1.807) is 27.7 Å². The van der Waals surface area contributed by atoms with Crippen molar-refractivity contribution in [3.8, 4) is 0 Å². The molecule has 0 fully saturated rings. The molecule has 0 saturated carbocycles. The Bertz CT molecular complexity index is 364. The number of rotatable bonds is 4. The van der Waals surface area contributed by atoms with Crippen LogP contribution in [0.5, 0.6) is 0 Å². The highest BCUT2D eigenvalue weighted by Crippen LogP contribution is 2.25. The predicted molar refractivity (Wildman–Crippen MR) is 71.4 cm³/mol. The maximum atomic E-state index is 10.4. The average molecular weight is 254 g/mol. The Balaban J connectivity index is 3.22. The van der Waals surface area contributed by atoms with Gasteiger partial charge in [-0.25, -0.2) is 0 Å². The van der Waals surface area contributed by atoms with Crippen molar-refractivity contribution in [2.24, 2.45) is 0 Å². The summed E-state index contributed by atoms with van der Waals surface area (Å²) in [4.78, 5) is 0. The first kappa shape index (κ1) is 14.4. The van der Waals surface area contributed by atoms with E-state index in [-0.39, 0.29) is 0 Å². The lowest BCUT2D eigenvalue weighted by Gasteiger charge is -2.42. The molecule has 0 aromatic heterocycles. The van der Waals surface area contributed by atoms with Gasteiger partial charge >= 0.3 is 0 Å². The quantitative estimate of drug-likeness (QED) is 0.633. The summed E-state index contributed by atoms with van der Waals surface area (Å²) in [5.41, 5.74) is 0. The first-order chi connectivity index (χ1) is 7.56. The highest BCUT2D eigenvalue weighted by molar-refractivity contribution is 6.87. The molecule has 1 unspecified atom stereocenters. The van der Waals surface area contributed by atoms with Crippen molar-refractivity contribution >= 4 is 13.5 Å². The van der Waals surface area contributed by atoms with Crippen LogP contribution < -0.4 is 5.19 Å². The van der Waals surface area contributed by atoms with Crippen LogP contribution in [0.15, 0.2) is 30.3 Å². The minimum absolute atomic E-state index is 0.967. The summed E-state index contributed by atoms with van der Waals surface area (Å²) >= 11 is 0. The molecule has 1 atom stereocenters. The zero-order valence-electron chi connectivity index (χ0n) is 11.2. The highest BCUT2D eigenvalue weighted by atomic mass is 28.4. The second kappa shape index (κ2) is 4.53. The maximum absolute atomic E-state index is 10.4. The van der Waals surface area contributed by atoms with Gasteiger partial charge < -0.3 is 14.6 Å². The van der Waals surface area contributed by atoms with Gasteiger partial charge in [-0.15, -0.1) is 0 Å². The molecule has 17 heavy (non-hydrogen) atoms. The van der Waals surface area contributed by atoms with E-state index in [9.17, 15) is 10.2 Å². The van der Waals surface area contributed by atoms with Gasteiger partial charge in [0.15, 0.2) is 0 Å². The molecule has 1 aromatic rings. The molecule has 0 amide bonds. The Labute approximate surface area is 104 Å². The second-order valence-corrected chi connectivity index (χ2v) is 9.58. The fraction of sp³-hybridized carbons (Fsp3) is 0.538. The molecule has 1 aromatic carbocycles. The first-order valence-corrected chi connectivity index (χ1v) is 8.17. The molecule has 0 aliphatic carbocycles. The molecule has 0 heterocycles. The van der Waals surface area contributed by atoms with E-state index in [1.165, 1.54) is 0 Å². The van der Waals surface area contributed by atoms with E-state index in [2.05, 4.69) is 0 Å². The van der Waals surface area contributed by atoms with Gasteiger partial charge in [0.1, 0.15) is 5.79 Å². The molecule has 0 spiro atoms. The second-order valence-electron chi connectivity index (χ2n) is 5.51. The van der Waals surface area contributed by atoms with Crippen molar-refractivity contribution in [1.29, 1.82) is 0 Å². The van der Waals surface area contributed by atoms with Gasteiger partial charge in [-0.05, 0) is 39.4 Å². The van der Waals surface area contributed by atoms with Gasteiger partial charge in [0.2, 0.25) is 0 Å². The summed E-state index contributed by atoms with van der Waals surface area (Å²) in [5, 5.41) is 20.2. The Kier molecular flexibility index (Phi) is 3.83. The van der Waals surface area contributed by atoms with E-state index in [1.807, 2.05) is 36.9 Å². The molecular weight excluding hydrogens is 232 g/mol. The minimum atomic E-state index is -2.66. The Morgan fingerprint density at radius 1 is 1.00 bits per heavy atom. The van der Waals surface area contributed by atoms with Gasteiger partial charge in [0.05, 0.1) is 5.22 Å². The normalized spacial score (nSPS) is 16.6. The van der Waals surface area contributed by atoms with Crippen molar-refractivity contribution < 1.29 is 14.6 Å². The van der Waals surface area contributed by atoms with Crippen LogP contribution in [0.2, 0.25) is 6.55 Å². The van der Waals surface area contributed by atoms with Crippen LogP contribution in [0.1, 0.15) is 27.7 Å². The van der Waals surface area contributed by atoms with Gasteiger partial charge in [0, 0.05) is 0 Å².